The van der Waals surface area contributed by atoms with Crippen LogP contribution in [0.15, 0.2) is 42.5 Å². The molecule has 1 aromatic heterocycles. The Labute approximate surface area is 199 Å². The number of aryl methyl sites for hydroxylation is 1. The van der Waals surface area contributed by atoms with Crippen LogP contribution >= 0.6 is 35.2 Å². The zero-order valence-corrected chi connectivity index (χ0v) is 19.7. The minimum atomic E-state index is -0.455. The number of fused-ring (bicyclic) bond motifs is 1. The summed E-state index contributed by atoms with van der Waals surface area (Å²) in [4.78, 5) is 27.9. The van der Waals surface area contributed by atoms with Gasteiger partial charge in [0.05, 0.1) is 9.95 Å². The third-order valence-electron chi connectivity index (χ3n) is 5.51. The number of piperazine rings is 1. The van der Waals surface area contributed by atoms with Gasteiger partial charge in [-0.3, -0.25) is 14.9 Å². The van der Waals surface area contributed by atoms with E-state index < -0.39 is 4.92 Å². The molecule has 10 heteroatoms. The molecule has 1 aliphatic rings. The number of benzene rings is 2. The summed E-state index contributed by atoms with van der Waals surface area (Å²) in [6.45, 7) is 4.35. The molecule has 1 saturated heterocycles. The van der Waals surface area contributed by atoms with Crippen molar-refractivity contribution in [3.8, 4) is 0 Å². The second-order valence-corrected chi connectivity index (χ2v) is 9.22. The van der Waals surface area contributed by atoms with Gasteiger partial charge in [-0.2, -0.15) is 0 Å². The smallest absolute Gasteiger partial charge is 0.270 e. The Morgan fingerprint density at radius 2 is 1.88 bits per heavy atom. The van der Waals surface area contributed by atoms with E-state index in [2.05, 4.69) is 23.2 Å². The van der Waals surface area contributed by atoms with E-state index in [1.807, 2.05) is 18.2 Å². The highest BCUT2D eigenvalue weighted by Gasteiger charge is 2.27. The van der Waals surface area contributed by atoms with Gasteiger partial charge in [0.15, 0.2) is 5.11 Å². The first-order valence-electron chi connectivity index (χ1n) is 10.2. The van der Waals surface area contributed by atoms with Crippen molar-refractivity contribution >= 4 is 67.6 Å². The van der Waals surface area contributed by atoms with E-state index >= 15 is 0 Å². The Bertz CT molecular complexity index is 1210. The predicted molar refractivity (Wildman–Crippen MR) is 133 cm³/mol. The molecular weight excluding hydrogens is 468 g/mol. The van der Waals surface area contributed by atoms with Crippen molar-refractivity contribution in [3.63, 3.8) is 0 Å². The Balaban J connectivity index is 1.43. The number of nitrogens with one attached hydrogen (secondary N) is 1. The summed E-state index contributed by atoms with van der Waals surface area (Å²) in [5.74, 6) is -0.159. The molecule has 0 unspecified atom stereocenters. The van der Waals surface area contributed by atoms with Crippen molar-refractivity contribution in [3.05, 3.63) is 68.0 Å². The number of nitro groups is 1. The quantitative estimate of drug-likeness (QED) is 0.309. The number of thiophene rings is 1. The van der Waals surface area contributed by atoms with Gasteiger partial charge in [-0.05, 0) is 36.3 Å². The van der Waals surface area contributed by atoms with Gasteiger partial charge >= 0.3 is 0 Å². The number of nitrogens with zero attached hydrogens (tertiary/aromatic N) is 3. The van der Waals surface area contributed by atoms with Gasteiger partial charge in [-0.15, -0.1) is 11.3 Å². The first kappa shape index (κ1) is 22.4. The minimum Gasteiger partial charge on any atom is -0.345 e. The molecule has 0 atom stereocenters. The Morgan fingerprint density at radius 1 is 1.19 bits per heavy atom. The van der Waals surface area contributed by atoms with Crippen LogP contribution in [-0.2, 0) is 6.42 Å². The molecule has 2 aromatic carbocycles. The lowest BCUT2D eigenvalue weighted by Crippen LogP contribution is -2.51. The van der Waals surface area contributed by atoms with Gasteiger partial charge in [0, 0.05) is 54.1 Å². The molecule has 0 spiro atoms. The van der Waals surface area contributed by atoms with E-state index in [1.54, 1.807) is 11.0 Å². The number of hydrogen-bond donors (Lipinski definition) is 1. The van der Waals surface area contributed by atoms with Crippen LogP contribution in [0.3, 0.4) is 0 Å². The molecule has 1 fully saturated rings. The fourth-order valence-corrected chi connectivity index (χ4v) is 5.51. The van der Waals surface area contributed by atoms with E-state index in [0.29, 0.717) is 51.3 Å². The van der Waals surface area contributed by atoms with E-state index in [4.69, 9.17) is 23.8 Å². The van der Waals surface area contributed by atoms with Crippen LogP contribution in [0.25, 0.3) is 10.1 Å². The summed E-state index contributed by atoms with van der Waals surface area (Å²) in [5, 5.41) is 16.0. The lowest BCUT2D eigenvalue weighted by atomic mass is 10.1. The zero-order chi connectivity index (χ0) is 22.8. The highest BCUT2D eigenvalue weighted by atomic mass is 35.5. The number of amides is 1. The number of halogens is 1. The summed E-state index contributed by atoms with van der Waals surface area (Å²) in [6.07, 6.45) is 0.910. The Hall–Kier alpha value is -2.75. The average Bonchev–Trinajstić information content (AvgIpc) is 3.14. The highest BCUT2D eigenvalue weighted by molar-refractivity contribution is 7.80. The van der Waals surface area contributed by atoms with Crippen molar-refractivity contribution in [2.24, 2.45) is 0 Å². The van der Waals surface area contributed by atoms with E-state index in [0.717, 1.165) is 12.1 Å². The van der Waals surface area contributed by atoms with Crippen LogP contribution in [0.5, 0.6) is 0 Å². The third kappa shape index (κ3) is 4.41. The highest BCUT2D eigenvalue weighted by Crippen LogP contribution is 2.38. The van der Waals surface area contributed by atoms with Crippen molar-refractivity contribution in [2.45, 2.75) is 13.3 Å². The van der Waals surface area contributed by atoms with Crippen molar-refractivity contribution < 1.29 is 9.72 Å². The second kappa shape index (κ2) is 9.40. The van der Waals surface area contributed by atoms with Crippen molar-refractivity contribution in [1.29, 1.82) is 0 Å². The first-order chi connectivity index (χ1) is 15.4. The maximum absolute atomic E-state index is 13.1. The molecule has 7 nitrogen and oxygen atoms in total. The van der Waals surface area contributed by atoms with E-state index in [1.165, 1.54) is 29.0 Å². The number of carbonyl (C=O) groups is 1. The first-order valence-corrected chi connectivity index (χ1v) is 11.8. The molecule has 0 radical (unpaired) electrons. The van der Waals surface area contributed by atoms with E-state index in [9.17, 15) is 14.9 Å². The maximum Gasteiger partial charge on any atom is 0.270 e. The summed E-state index contributed by atoms with van der Waals surface area (Å²) >= 11 is 13.2. The largest absolute Gasteiger partial charge is 0.345 e. The fraction of sp³-hybridized carbons (Fsp3) is 0.273. The van der Waals surface area contributed by atoms with Crippen LogP contribution in [0.2, 0.25) is 5.02 Å². The average molecular weight is 489 g/mol. The Kier molecular flexibility index (Phi) is 6.59. The van der Waals surface area contributed by atoms with Gasteiger partial charge in [0.25, 0.3) is 11.6 Å². The zero-order valence-electron chi connectivity index (χ0n) is 17.3. The Morgan fingerprint density at radius 3 is 2.56 bits per heavy atom. The SMILES string of the molecule is CCc1ccccc1NC(=S)N1CCN(C(=O)c2sc3cc([N+](=O)[O-])ccc3c2Cl)CC1. The molecule has 166 valence electrons. The standard InChI is InChI=1S/C22H21ClN4O3S2/c1-2-14-5-3-4-6-17(14)24-22(31)26-11-9-25(10-12-26)21(28)20-19(23)16-8-7-15(27(29)30)13-18(16)32-20/h3-8,13H,2,9-12H2,1H3,(H,24,31). The molecular formula is C22H21ClN4O3S2. The second-order valence-electron chi connectivity index (χ2n) is 7.40. The number of thiocarbonyl (C=S) groups is 1. The molecule has 1 aliphatic heterocycles. The molecule has 1 N–H and O–H groups in total. The summed E-state index contributed by atoms with van der Waals surface area (Å²) in [6, 6.07) is 12.5. The molecule has 0 aliphatic carbocycles. The molecule has 0 saturated carbocycles. The molecule has 0 bridgehead atoms. The van der Waals surface area contributed by atoms with Gasteiger partial charge in [-0.1, -0.05) is 36.7 Å². The number of non-ortho nitro benzene ring substituents is 1. The van der Waals surface area contributed by atoms with Crippen LogP contribution in [0.1, 0.15) is 22.2 Å². The number of nitro benzene ring substituents is 1. The topological polar surface area (TPSA) is 78.7 Å². The minimum absolute atomic E-state index is 0.0197. The van der Waals surface area contributed by atoms with Crippen molar-refractivity contribution in [2.75, 3.05) is 31.5 Å². The van der Waals surface area contributed by atoms with Crippen LogP contribution in [0.4, 0.5) is 11.4 Å². The van der Waals surface area contributed by atoms with Crippen molar-refractivity contribution in [1.82, 2.24) is 9.80 Å². The van der Waals surface area contributed by atoms with Gasteiger partial charge in [-0.25, -0.2) is 0 Å². The van der Waals surface area contributed by atoms with Gasteiger partial charge < -0.3 is 15.1 Å². The number of hydrogen-bond acceptors (Lipinski definition) is 5. The number of anilines is 1. The van der Waals surface area contributed by atoms with Crippen LogP contribution in [0, 0.1) is 10.1 Å². The molecule has 32 heavy (non-hydrogen) atoms. The molecule has 1 amide bonds. The third-order valence-corrected chi connectivity index (χ3v) is 7.52. The predicted octanol–water partition coefficient (Wildman–Crippen LogP) is 5.18. The molecule has 4 rings (SSSR count). The maximum atomic E-state index is 13.1. The van der Waals surface area contributed by atoms with Gasteiger partial charge in [0.1, 0.15) is 4.88 Å². The molecule has 2 heterocycles. The number of rotatable bonds is 4. The van der Waals surface area contributed by atoms with Gasteiger partial charge in [0.2, 0.25) is 0 Å². The summed E-state index contributed by atoms with van der Waals surface area (Å²) in [5.41, 5.74) is 2.18. The summed E-state index contributed by atoms with van der Waals surface area (Å²) in [7, 11) is 0. The number of para-hydroxylation sites is 1. The summed E-state index contributed by atoms with van der Waals surface area (Å²) < 4.78 is 0.631. The normalized spacial score (nSPS) is 13.9. The lowest BCUT2D eigenvalue weighted by Gasteiger charge is -2.36. The number of carbonyl (C=O) groups excluding carboxylic acids is 1. The molecule has 3 aromatic rings. The monoisotopic (exact) mass is 488 g/mol. The van der Waals surface area contributed by atoms with Crippen LogP contribution < -0.4 is 5.32 Å². The lowest BCUT2D eigenvalue weighted by molar-refractivity contribution is -0.384. The van der Waals surface area contributed by atoms with Crippen LogP contribution in [-0.4, -0.2) is 51.9 Å². The van der Waals surface area contributed by atoms with E-state index in [-0.39, 0.29) is 11.6 Å². The fourth-order valence-electron chi connectivity index (χ4n) is 3.71.